The van der Waals surface area contributed by atoms with E-state index < -0.39 is 0 Å². The van der Waals surface area contributed by atoms with Gasteiger partial charge >= 0.3 is 0 Å². The minimum absolute atomic E-state index is 0.0928. The van der Waals surface area contributed by atoms with Crippen molar-refractivity contribution in [3.63, 3.8) is 0 Å². The summed E-state index contributed by atoms with van der Waals surface area (Å²) in [6.07, 6.45) is 1.56. The van der Waals surface area contributed by atoms with Crippen LogP contribution >= 0.6 is 0 Å². The van der Waals surface area contributed by atoms with Crippen molar-refractivity contribution in [3.05, 3.63) is 48.2 Å². The van der Waals surface area contributed by atoms with Gasteiger partial charge in [-0.15, -0.1) is 0 Å². The van der Waals surface area contributed by atoms with E-state index in [1.807, 2.05) is 24.3 Å². The number of carbonyl (C=O) groups is 2. The Morgan fingerprint density at radius 3 is 2.88 bits per heavy atom. The summed E-state index contributed by atoms with van der Waals surface area (Å²) in [4.78, 5) is 29.6. The fraction of sp³-hybridized carbons (Fsp3) is 0.235. The number of hydrogen-bond donors (Lipinski definition) is 1. The fourth-order valence-electron chi connectivity index (χ4n) is 2.34. The van der Waals surface area contributed by atoms with E-state index in [1.165, 1.54) is 4.90 Å². The Labute approximate surface area is 139 Å². The van der Waals surface area contributed by atoms with Crippen molar-refractivity contribution in [3.8, 4) is 11.5 Å². The number of nitrogens with zero attached hydrogens (tertiary/aromatic N) is 2. The molecule has 3 rings (SSSR count). The van der Waals surface area contributed by atoms with Crippen LogP contribution in [0, 0.1) is 0 Å². The summed E-state index contributed by atoms with van der Waals surface area (Å²) in [5.41, 5.74) is 0.941. The van der Waals surface area contributed by atoms with E-state index in [-0.39, 0.29) is 25.0 Å². The van der Waals surface area contributed by atoms with E-state index in [1.54, 1.807) is 25.4 Å². The molecule has 2 heterocycles. The van der Waals surface area contributed by atoms with E-state index >= 15 is 0 Å². The van der Waals surface area contributed by atoms with Crippen molar-refractivity contribution < 1.29 is 19.1 Å². The average molecular weight is 327 g/mol. The van der Waals surface area contributed by atoms with Crippen molar-refractivity contribution in [2.75, 3.05) is 25.2 Å². The molecule has 1 aromatic heterocycles. The number of benzene rings is 1. The molecule has 124 valence electrons. The third kappa shape index (κ3) is 3.45. The van der Waals surface area contributed by atoms with Gasteiger partial charge in [0.2, 0.25) is 5.91 Å². The summed E-state index contributed by atoms with van der Waals surface area (Å²) in [7, 11) is 1.60. The van der Waals surface area contributed by atoms with Gasteiger partial charge in [-0.3, -0.25) is 14.5 Å². The van der Waals surface area contributed by atoms with Crippen LogP contribution in [0.2, 0.25) is 0 Å². The van der Waals surface area contributed by atoms with Gasteiger partial charge in [0, 0.05) is 12.7 Å². The molecule has 0 atom stereocenters. The van der Waals surface area contributed by atoms with Crippen LogP contribution in [0.3, 0.4) is 0 Å². The average Bonchev–Trinajstić information content (AvgIpc) is 2.63. The number of ether oxygens (including phenoxy) is 2. The molecular formula is C17H17N3O4. The zero-order chi connectivity index (χ0) is 16.9. The number of aromatic nitrogens is 1. The van der Waals surface area contributed by atoms with Gasteiger partial charge in [0.05, 0.1) is 7.11 Å². The predicted molar refractivity (Wildman–Crippen MR) is 86.9 cm³/mol. The molecule has 0 aliphatic carbocycles. The lowest BCUT2D eigenvalue weighted by molar-refractivity contribution is -0.125. The Morgan fingerprint density at radius 1 is 1.33 bits per heavy atom. The van der Waals surface area contributed by atoms with Gasteiger partial charge in [0.25, 0.3) is 5.91 Å². The highest BCUT2D eigenvalue weighted by Crippen LogP contribution is 2.28. The van der Waals surface area contributed by atoms with Gasteiger partial charge in [-0.25, -0.2) is 4.98 Å². The van der Waals surface area contributed by atoms with Crippen LogP contribution in [0.1, 0.15) is 5.56 Å². The lowest BCUT2D eigenvalue weighted by Crippen LogP contribution is -2.45. The number of pyridine rings is 1. The van der Waals surface area contributed by atoms with Crippen LogP contribution in [0.15, 0.2) is 42.6 Å². The summed E-state index contributed by atoms with van der Waals surface area (Å²) in [5.74, 6) is 1.07. The summed E-state index contributed by atoms with van der Waals surface area (Å²) in [6.45, 7) is 0.184. The molecule has 1 aromatic carbocycles. The number of anilines is 1. The zero-order valence-electron chi connectivity index (χ0n) is 13.2. The third-order valence-corrected chi connectivity index (χ3v) is 3.61. The van der Waals surface area contributed by atoms with Crippen molar-refractivity contribution in [2.45, 2.75) is 6.54 Å². The Hall–Kier alpha value is -3.09. The first-order valence-corrected chi connectivity index (χ1v) is 7.45. The molecule has 0 radical (unpaired) electrons. The first-order chi connectivity index (χ1) is 11.7. The molecule has 1 aliphatic heterocycles. The molecule has 0 fully saturated rings. The number of fused-ring (bicyclic) bond motifs is 1. The minimum atomic E-state index is -0.291. The minimum Gasteiger partial charge on any atom is -0.497 e. The van der Waals surface area contributed by atoms with E-state index in [0.717, 1.165) is 11.3 Å². The van der Waals surface area contributed by atoms with Crippen molar-refractivity contribution in [1.82, 2.24) is 10.3 Å². The summed E-state index contributed by atoms with van der Waals surface area (Å²) < 4.78 is 10.4. The first-order valence-electron chi connectivity index (χ1n) is 7.45. The number of hydrogen-bond acceptors (Lipinski definition) is 5. The Morgan fingerprint density at radius 2 is 2.12 bits per heavy atom. The van der Waals surface area contributed by atoms with Crippen molar-refractivity contribution in [2.24, 2.45) is 0 Å². The predicted octanol–water partition coefficient (Wildman–Crippen LogP) is 1.13. The van der Waals surface area contributed by atoms with Crippen molar-refractivity contribution >= 4 is 17.6 Å². The van der Waals surface area contributed by atoms with Gasteiger partial charge in [0.15, 0.2) is 18.2 Å². The van der Waals surface area contributed by atoms with E-state index in [0.29, 0.717) is 18.1 Å². The van der Waals surface area contributed by atoms with Crippen molar-refractivity contribution in [1.29, 1.82) is 0 Å². The van der Waals surface area contributed by atoms with Gasteiger partial charge in [0.1, 0.15) is 12.3 Å². The first kappa shape index (κ1) is 15.8. The van der Waals surface area contributed by atoms with Gasteiger partial charge in [-0.05, 0) is 29.8 Å². The highest BCUT2D eigenvalue weighted by atomic mass is 16.5. The molecular weight excluding hydrogens is 310 g/mol. The third-order valence-electron chi connectivity index (χ3n) is 3.61. The highest BCUT2D eigenvalue weighted by Gasteiger charge is 2.28. The maximum absolute atomic E-state index is 12.2. The van der Waals surface area contributed by atoms with Crippen LogP contribution in [0.5, 0.6) is 11.5 Å². The Kier molecular flexibility index (Phi) is 4.60. The smallest absolute Gasteiger partial charge is 0.266 e. The monoisotopic (exact) mass is 327 g/mol. The molecule has 2 aromatic rings. The number of carbonyl (C=O) groups excluding carboxylic acids is 2. The number of amides is 2. The summed E-state index contributed by atoms with van der Waals surface area (Å²) in [5, 5.41) is 2.79. The fourth-order valence-corrected chi connectivity index (χ4v) is 2.34. The van der Waals surface area contributed by atoms with Crippen LogP contribution in [0.4, 0.5) is 5.82 Å². The maximum Gasteiger partial charge on any atom is 0.266 e. The van der Waals surface area contributed by atoms with Crippen LogP contribution in [0.25, 0.3) is 0 Å². The van der Waals surface area contributed by atoms with Crippen LogP contribution in [-0.4, -0.2) is 37.1 Å². The molecule has 1 N–H and O–H groups in total. The molecule has 7 nitrogen and oxygen atoms in total. The van der Waals surface area contributed by atoms with Crippen LogP contribution in [-0.2, 0) is 16.1 Å². The zero-order valence-corrected chi connectivity index (χ0v) is 13.2. The summed E-state index contributed by atoms with van der Waals surface area (Å²) >= 11 is 0. The van der Waals surface area contributed by atoms with E-state index in [2.05, 4.69) is 10.3 Å². The lowest BCUT2D eigenvalue weighted by atomic mass is 10.2. The molecule has 0 saturated carbocycles. The second-order valence-electron chi connectivity index (χ2n) is 5.22. The highest BCUT2D eigenvalue weighted by molar-refractivity contribution is 6.01. The quantitative estimate of drug-likeness (QED) is 0.890. The molecule has 24 heavy (non-hydrogen) atoms. The van der Waals surface area contributed by atoms with E-state index in [4.69, 9.17) is 9.47 Å². The molecule has 0 unspecified atom stereocenters. The molecule has 0 spiro atoms. The molecule has 0 saturated heterocycles. The Balaban J connectivity index is 1.61. The second-order valence-corrected chi connectivity index (χ2v) is 5.22. The van der Waals surface area contributed by atoms with Crippen LogP contribution < -0.4 is 19.7 Å². The van der Waals surface area contributed by atoms with E-state index in [9.17, 15) is 9.59 Å². The second kappa shape index (κ2) is 6.99. The maximum atomic E-state index is 12.2. The number of nitrogens with one attached hydrogen (secondary N) is 1. The van der Waals surface area contributed by atoms with Gasteiger partial charge in [-0.1, -0.05) is 12.1 Å². The number of rotatable bonds is 5. The molecule has 2 amide bonds. The number of methoxy groups -OCH3 is 1. The molecule has 7 heteroatoms. The standard InChI is InChI=1S/C17H17N3O4/c1-23-13-6-4-12(5-7-13)9-19-15(21)10-20-16(22)11-24-14-3-2-8-18-17(14)20/h2-8H,9-11H2,1H3,(H,19,21). The molecule has 0 bridgehead atoms. The molecule has 1 aliphatic rings. The SMILES string of the molecule is COc1ccc(CNC(=O)CN2C(=O)COc3cccnc32)cc1. The largest absolute Gasteiger partial charge is 0.497 e. The van der Waals surface area contributed by atoms with Gasteiger partial charge in [-0.2, -0.15) is 0 Å². The van der Waals surface area contributed by atoms with Gasteiger partial charge < -0.3 is 14.8 Å². The summed E-state index contributed by atoms with van der Waals surface area (Å²) in [6, 6.07) is 10.8. The Bertz CT molecular complexity index is 746. The lowest BCUT2D eigenvalue weighted by Gasteiger charge is -2.27. The topological polar surface area (TPSA) is 80.8 Å². The normalized spacial score (nSPS) is 13.0.